The molecule has 0 aliphatic carbocycles. The highest BCUT2D eigenvalue weighted by Crippen LogP contribution is 2.05. The number of aliphatic hydroxyl groups excluding tert-OH is 4. The molecule has 0 rings (SSSR count). The lowest BCUT2D eigenvalue weighted by Crippen LogP contribution is -3.14. The van der Waals surface area contributed by atoms with Gasteiger partial charge in [0.1, 0.15) is 39.3 Å². The first-order chi connectivity index (χ1) is 15.4. The Hall–Kier alpha value is -0.0700. The minimum atomic E-state index is -0.521. The van der Waals surface area contributed by atoms with Crippen molar-refractivity contribution in [3.63, 3.8) is 0 Å². The van der Waals surface area contributed by atoms with E-state index in [9.17, 15) is 20.4 Å². The van der Waals surface area contributed by atoms with E-state index in [4.69, 9.17) is 11.6 Å². The van der Waals surface area contributed by atoms with Gasteiger partial charge in [-0.3, -0.25) is 0 Å². The van der Waals surface area contributed by atoms with E-state index in [2.05, 4.69) is 61.7 Å². The number of hydrogen-bond donors (Lipinski definition) is 6. The number of quaternary nitrogens is 4. The van der Waals surface area contributed by atoms with Crippen LogP contribution in [0.2, 0.25) is 0 Å². The van der Waals surface area contributed by atoms with Gasteiger partial charge in [-0.1, -0.05) is 0 Å². The quantitative estimate of drug-likeness (QED) is 0.0608. The van der Waals surface area contributed by atoms with Crippen LogP contribution in [0.25, 0.3) is 0 Å². The van der Waals surface area contributed by atoms with Gasteiger partial charge in [-0.2, -0.15) is 0 Å². The Morgan fingerprint density at radius 3 is 1.65 bits per heavy atom. The maximum Gasteiger partial charge on any atom is 0.152 e. The molecule has 0 aromatic rings. The largest absolute Gasteiger partial charge is 0.391 e. The topological polar surface area (TPSA) is 97.4 Å². The summed E-state index contributed by atoms with van der Waals surface area (Å²) in [5.41, 5.74) is 0. The average Bonchev–Trinajstić information content (AvgIpc) is 2.59. The summed E-state index contributed by atoms with van der Waals surface area (Å²) in [4.78, 5) is 1.20. The SMILES string of the molecule is C[N+](C)(C)CC(O)C[NH+](CCCCNCC(O)CCl)CC(O)C[N+](C)(C)CC(O)C[N+](C)(C)C. The second kappa shape index (κ2) is 15.9. The summed E-state index contributed by atoms with van der Waals surface area (Å²) in [5.74, 6) is 0.230. The summed E-state index contributed by atoms with van der Waals surface area (Å²) >= 11 is 5.62. The molecule has 0 aliphatic rings. The number of nitrogens with zero attached hydrogens (tertiary/aromatic N) is 3. The van der Waals surface area contributed by atoms with Crippen LogP contribution in [0, 0.1) is 0 Å². The van der Waals surface area contributed by atoms with Crippen molar-refractivity contribution in [2.45, 2.75) is 37.3 Å². The Kier molecular flexibility index (Phi) is 15.9. The van der Waals surface area contributed by atoms with Gasteiger partial charge >= 0.3 is 0 Å². The number of alkyl halides is 1. The van der Waals surface area contributed by atoms with Crippen LogP contribution in [0.1, 0.15) is 12.8 Å². The fourth-order valence-corrected chi connectivity index (χ4v) is 4.68. The third-order valence-electron chi connectivity index (χ3n) is 5.67. The molecule has 0 heterocycles. The first kappa shape index (κ1) is 33.9. The number of hydrogen-bond acceptors (Lipinski definition) is 5. The number of nitrogens with one attached hydrogen (secondary N) is 2. The van der Waals surface area contributed by atoms with Crippen molar-refractivity contribution in [3.8, 4) is 0 Å². The maximum atomic E-state index is 10.9. The van der Waals surface area contributed by atoms with Crippen molar-refractivity contribution in [1.29, 1.82) is 0 Å². The fourth-order valence-electron chi connectivity index (χ4n) is 4.57. The Morgan fingerprint density at radius 1 is 0.676 bits per heavy atom. The highest BCUT2D eigenvalue weighted by molar-refractivity contribution is 6.18. The molecular weight excluding hydrogens is 458 g/mol. The lowest BCUT2D eigenvalue weighted by Gasteiger charge is -2.36. The third-order valence-corrected chi connectivity index (χ3v) is 6.02. The van der Waals surface area contributed by atoms with Crippen LogP contribution in [0.3, 0.4) is 0 Å². The molecule has 34 heavy (non-hydrogen) atoms. The number of unbranched alkanes of at least 4 members (excludes halogenated alkanes) is 1. The molecule has 10 heteroatoms. The fraction of sp³-hybridized carbons (Fsp3) is 1.00. The van der Waals surface area contributed by atoms with Crippen LogP contribution in [-0.2, 0) is 0 Å². The van der Waals surface area contributed by atoms with Gasteiger partial charge in [0.2, 0.25) is 0 Å². The molecule has 0 amide bonds. The van der Waals surface area contributed by atoms with Crippen LogP contribution in [0.5, 0.6) is 0 Å². The highest BCUT2D eigenvalue weighted by Gasteiger charge is 2.30. The lowest BCUT2D eigenvalue weighted by molar-refractivity contribution is -0.930. The van der Waals surface area contributed by atoms with Gasteiger partial charge in [0, 0.05) is 12.4 Å². The van der Waals surface area contributed by atoms with Gasteiger partial charge in [0.05, 0.1) is 69.0 Å². The molecule has 0 saturated heterocycles. The van der Waals surface area contributed by atoms with E-state index < -0.39 is 24.4 Å². The van der Waals surface area contributed by atoms with Crippen molar-refractivity contribution in [1.82, 2.24) is 5.32 Å². The monoisotopic (exact) mass is 515 g/mol. The summed E-state index contributed by atoms with van der Waals surface area (Å²) < 4.78 is 1.94. The molecule has 0 fully saturated rings. The predicted molar refractivity (Wildman–Crippen MR) is 140 cm³/mol. The molecule has 0 aromatic heterocycles. The summed E-state index contributed by atoms with van der Waals surface area (Å²) in [5, 5.41) is 44.8. The van der Waals surface area contributed by atoms with E-state index in [1.165, 1.54) is 4.90 Å². The van der Waals surface area contributed by atoms with E-state index >= 15 is 0 Å². The number of rotatable bonds is 20. The number of likely N-dealkylation sites (N-methyl/N-ethyl adjacent to an activating group) is 3. The smallest absolute Gasteiger partial charge is 0.152 e. The summed E-state index contributed by atoms with van der Waals surface area (Å²) in [6.45, 7) is 5.81. The molecule has 0 radical (unpaired) electrons. The minimum absolute atomic E-state index is 0.230. The van der Waals surface area contributed by atoms with Crippen molar-refractivity contribution in [3.05, 3.63) is 0 Å². The Morgan fingerprint density at radius 2 is 1.15 bits per heavy atom. The van der Waals surface area contributed by atoms with Crippen LogP contribution in [-0.4, -0.2) is 179 Å². The summed E-state index contributed by atoms with van der Waals surface area (Å²) in [6.07, 6.45) is 0.0131. The minimum Gasteiger partial charge on any atom is -0.391 e. The standard InChI is InChI=1S/C24H57ClN5O4/c1-28(2,3)17-22(32)15-27(12-10-9-11-26-14-21(31)13-25)16-23(33)19-30(7,8)20-24(34)18-29(4,5)6/h21-24,26,31-34H,9-20H2,1-8H3/q+3/p+1. The molecule has 0 saturated carbocycles. The first-order valence-electron chi connectivity index (χ1n) is 12.7. The molecule has 5 atom stereocenters. The molecule has 6 N–H and O–H groups in total. The van der Waals surface area contributed by atoms with Crippen LogP contribution >= 0.6 is 11.6 Å². The second-order valence-electron chi connectivity index (χ2n) is 12.8. The molecule has 5 unspecified atom stereocenters. The van der Waals surface area contributed by atoms with E-state index in [0.29, 0.717) is 59.3 Å². The molecule has 0 aromatic carbocycles. The van der Waals surface area contributed by atoms with E-state index in [0.717, 1.165) is 25.9 Å². The van der Waals surface area contributed by atoms with Crippen molar-refractivity contribution >= 4 is 11.6 Å². The number of halogens is 1. The van der Waals surface area contributed by atoms with Crippen LogP contribution in [0.15, 0.2) is 0 Å². The third kappa shape index (κ3) is 20.2. The van der Waals surface area contributed by atoms with Gasteiger partial charge in [0.15, 0.2) is 18.3 Å². The maximum absolute atomic E-state index is 10.9. The Labute approximate surface area is 214 Å². The second-order valence-corrected chi connectivity index (χ2v) is 13.1. The zero-order valence-electron chi connectivity index (χ0n) is 23.3. The normalized spacial score (nSPS) is 17.9. The van der Waals surface area contributed by atoms with E-state index in [-0.39, 0.29) is 5.88 Å². The first-order valence-corrected chi connectivity index (χ1v) is 13.2. The molecule has 0 aliphatic heterocycles. The molecular formula is C24H58ClN5O4+4. The zero-order chi connectivity index (χ0) is 26.6. The van der Waals surface area contributed by atoms with Crippen molar-refractivity contribution in [2.24, 2.45) is 0 Å². The van der Waals surface area contributed by atoms with Crippen LogP contribution in [0.4, 0.5) is 0 Å². The molecule has 0 spiro atoms. The highest BCUT2D eigenvalue weighted by atomic mass is 35.5. The van der Waals surface area contributed by atoms with Gasteiger partial charge in [-0.25, -0.2) is 0 Å². The van der Waals surface area contributed by atoms with Crippen molar-refractivity contribution in [2.75, 3.05) is 121 Å². The Bertz CT molecular complexity index is 528. The van der Waals surface area contributed by atoms with Crippen LogP contribution < -0.4 is 10.2 Å². The Balaban J connectivity index is 4.80. The molecule has 0 bridgehead atoms. The van der Waals surface area contributed by atoms with Gasteiger partial charge < -0.3 is 44.1 Å². The summed E-state index contributed by atoms with van der Waals surface area (Å²) in [7, 11) is 16.5. The predicted octanol–water partition coefficient (Wildman–Crippen LogP) is -2.59. The average molecular weight is 516 g/mol. The molecule has 9 nitrogen and oxygen atoms in total. The van der Waals surface area contributed by atoms with E-state index in [1.54, 1.807) is 0 Å². The van der Waals surface area contributed by atoms with E-state index in [1.807, 2.05) is 0 Å². The van der Waals surface area contributed by atoms with Gasteiger partial charge in [0.25, 0.3) is 0 Å². The van der Waals surface area contributed by atoms with Gasteiger partial charge in [-0.15, -0.1) is 11.6 Å². The lowest BCUT2D eigenvalue weighted by atomic mass is 10.2. The summed E-state index contributed by atoms with van der Waals surface area (Å²) in [6, 6.07) is 0. The van der Waals surface area contributed by atoms with Gasteiger partial charge in [-0.05, 0) is 19.4 Å². The zero-order valence-corrected chi connectivity index (χ0v) is 24.1. The molecule has 206 valence electrons. The number of aliphatic hydroxyl groups is 4. The van der Waals surface area contributed by atoms with Crippen molar-refractivity contribution < 1.29 is 38.8 Å².